The molecular formula is C16H20N2O2. The Labute approximate surface area is 119 Å². The van der Waals surface area contributed by atoms with Gasteiger partial charge in [-0.2, -0.15) is 0 Å². The second kappa shape index (κ2) is 5.29. The van der Waals surface area contributed by atoms with Crippen molar-refractivity contribution in [2.45, 2.75) is 31.2 Å². The van der Waals surface area contributed by atoms with Gasteiger partial charge in [-0.15, -0.1) is 0 Å². The highest BCUT2D eigenvalue weighted by Crippen LogP contribution is 2.30. The molecule has 0 atom stereocenters. The van der Waals surface area contributed by atoms with Gasteiger partial charge in [-0.1, -0.05) is 31.0 Å². The Bertz CT molecular complexity index is 545. The van der Waals surface area contributed by atoms with Crippen LogP contribution >= 0.6 is 0 Å². The van der Waals surface area contributed by atoms with Gasteiger partial charge in [0, 0.05) is 12.1 Å². The van der Waals surface area contributed by atoms with Gasteiger partial charge in [0.25, 0.3) is 5.91 Å². The van der Waals surface area contributed by atoms with Crippen molar-refractivity contribution in [3.05, 3.63) is 35.4 Å². The number of hydrogen-bond donors (Lipinski definition) is 2. The monoisotopic (exact) mass is 272 g/mol. The third-order valence-corrected chi connectivity index (χ3v) is 4.25. The van der Waals surface area contributed by atoms with Crippen molar-refractivity contribution in [1.29, 1.82) is 0 Å². The highest BCUT2D eigenvalue weighted by Gasteiger charge is 2.34. The summed E-state index contributed by atoms with van der Waals surface area (Å²) in [5, 5.41) is 3.13. The summed E-state index contributed by atoms with van der Waals surface area (Å²) < 4.78 is 5.63. The van der Waals surface area contributed by atoms with E-state index in [4.69, 9.17) is 10.5 Å². The summed E-state index contributed by atoms with van der Waals surface area (Å²) >= 11 is 0. The second-order valence-corrected chi connectivity index (χ2v) is 5.64. The number of fused-ring (bicyclic) bond motifs is 1. The number of rotatable bonds is 3. The molecular weight excluding hydrogens is 252 g/mol. The average Bonchev–Trinajstić information content (AvgIpc) is 2.96. The SMILES string of the molecule is NCC1(NC(=O)C2=Cc3ccccc3OC2)CCCC1. The number of hydrogen-bond acceptors (Lipinski definition) is 3. The highest BCUT2D eigenvalue weighted by molar-refractivity contribution is 5.99. The third kappa shape index (κ3) is 2.43. The Hall–Kier alpha value is -1.81. The van der Waals surface area contributed by atoms with Gasteiger partial charge >= 0.3 is 0 Å². The number of para-hydroxylation sites is 1. The van der Waals surface area contributed by atoms with Gasteiger partial charge in [-0.3, -0.25) is 4.79 Å². The minimum absolute atomic E-state index is 0.0492. The summed E-state index contributed by atoms with van der Waals surface area (Å²) in [7, 11) is 0. The fourth-order valence-electron chi connectivity index (χ4n) is 3.00. The van der Waals surface area contributed by atoms with Crippen LogP contribution in [0.4, 0.5) is 0 Å². The zero-order chi connectivity index (χ0) is 14.0. The summed E-state index contributed by atoms with van der Waals surface area (Å²) in [4.78, 5) is 12.4. The van der Waals surface area contributed by atoms with Crippen LogP contribution in [0.5, 0.6) is 5.75 Å². The topological polar surface area (TPSA) is 64.3 Å². The molecule has 0 spiro atoms. The first-order valence-electron chi connectivity index (χ1n) is 7.17. The van der Waals surface area contributed by atoms with Crippen LogP contribution in [-0.2, 0) is 4.79 Å². The van der Waals surface area contributed by atoms with Gasteiger partial charge in [-0.25, -0.2) is 0 Å². The first kappa shape index (κ1) is 13.2. The van der Waals surface area contributed by atoms with Crippen LogP contribution in [0, 0.1) is 0 Å². The van der Waals surface area contributed by atoms with Crippen molar-refractivity contribution < 1.29 is 9.53 Å². The van der Waals surface area contributed by atoms with Crippen LogP contribution in [0.1, 0.15) is 31.2 Å². The van der Waals surface area contributed by atoms with Crippen LogP contribution < -0.4 is 15.8 Å². The lowest BCUT2D eigenvalue weighted by Gasteiger charge is -2.29. The lowest BCUT2D eigenvalue weighted by molar-refractivity contribution is -0.119. The Balaban J connectivity index is 1.77. The van der Waals surface area contributed by atoms with Crippen molar-refractivity contribution in [2.75, 3.05) is 13.2 Å². The van der Waals surface area contributed by atoms with Crippen LogP contribution in [0.15, 0.2) is 29.8 Å². The van der Waals surface area contributed by atoms with E-state index in [-0.39, 0.29) is 11.4 Å². The van der Waals surface area contributed by atoms with E-state index >= 15 is 0 Å². The predicted octanol–water partition coefficient (Wildman–Crippen LogP) is 1.85. The molecule has 1 saturated carbocycles. The van der Waals surface area contributed by atoms with Gasteiger partial charge in [-0.05, 0) is 25.0 Å². The third-order valence-electron chi connectivity index (χ3n) is 4.25. The maximum absolute atomic E-state index is 12.4. The average molecular weight is 272 g/mol. The van der Waals surface area contributed by atoms with E-state index in [0.29, 0.717) is 18.7 Å². The molecule has 1 fully saturated rings. The number of benzene rings is 1. The number of nitrogens with two attached hydrogens (primary N) is 1. The standard InChI is InChI=1S/C16H20N2O2/c17-11-16(7-3-4-8-16)18-15(19)13-9-12-5-1-2-6-14(12)20-10-13/h1-2,5-6,9H,3-4,7-8,10-11,17H2,(H,18,19). The maximum atomic E-state index is 12.4. The lowest BCUT2D eigenvalue weighted by atomic mass is 9.96. The number of amides is 1. The summed E-state index contributed by atoms with van der Waals surface area (Å²) in [6.07, 6.45) is 6.12. The molecule has 1 aromatic rings. The van der Waals surface area contributed by atoms with Crippen molar-refractivity contribution in [3.63, 3.8) is 0 Å². The second-order valence-electron chi connectivity index (χ2n) is 5.64. The highest BCUT2D eigenvalue weighted by atomic mass is 16.5. The van der Waals surface area contributed by atoms with Gasteiger partial charge in [0.2, 0.25) is 0 Å². The molecule has 1 heterocycles. The predicted molar refractivity (Wildman–Crippen MR) is 78.3 cm³/mol. The molecule has 2 aliphatic rings. The molecule has 20 heavy (non-hydrogen) atoms. The van der Waals surface area contributed by atoms with E-state index in [1.807, 2.05) is 30.3 Å². The zero-order valence-electron chi connectivity index (χ0n) is 11.5. The fourth-order valence-corrected chi connectivity index (χ4v) is 3.00. The molecule has 1 amide bonds. The van der Waals surface area contributed by atoms with Gasteiger partial charge in [0.05, 0.1) is 11.1 Å². The minimum Gasteiger partial charge on any atom is -0.488 e. The molecule has 0 bridgehead atoms. The summed E-state index contributed by atoms with van der Waals surface area (Å²) in [6.45, 7) is 0.826. The molecule has 4 heteroatoms. The zero-order valence-corrected chi connectivity index (χ0v) is 11.5. The molecule has 1 aliphatic heterocycles. The number of carbonyl (C=O) groups is 1. The Morgan fingerprint density at radius 1 is 1.30 bits per heavy atom. The molecule has 106 valence electrons. The number of nitrogens with one attached hydrogen (secondary N) is 1. The number of ether oxygens (including phenoxy) is 1. The van der Waals surface area contributed by atoms with Crippen molar-refractivity contribution in [1.82, 2.24) is 5.32 Å². The van der Waals surface area contributed by atoms with E-state index in [9.17, 15) is 4.79 Å². The normalized spacial score (nSPS) is 19.8. The van der Waals surface area contributed by atoms with Gasteiger partial charge < -0.3 is 15.8 Å². The van der Waals surface area contributed by atoms with E-state index in [0.717, 1.165) is 37.0 Å². The lowest BCUT2D eigenvalue weighted by Crippen LogP contribution is -2.52. The van der Waals surface area contributed by atoms with Crippen LogP contribution in [-0.4, -0.2) is 24.6 Å². The van der Waals surface area contributed by atoms with Gasteiger partial charge in [0.15, 0.2) is 0 Å². The van der Waals surface area contributed by atoms with E-state index in [1.54, 1.807) is 0 Å². The molecule has 1 aromatic carbocycles. The summed E-state index contributed by atoms with van der Waals surface area (Å²) in [6, 6.07) is 7.74. The van der Waals surface area contributed by atoms with Crippen molar-refractivity contribution in [2.24, 2.45) is 5.73 Å². The smallest absolute Gasteiger partial charge is 0.251 e. The van der Waals surface area contributed by atoms with Crippen LogP contribution in [0.2, 0.25) is 0 Å². The van der Waals surface area contributed by atoms with Crippen LogP contribution in [0.3, 0.4) is 0 Å². The molecule has 1 aliphatic carbocycles. The Morgan fingerprint density at radius 2 is 2.05 bits per heavy atom. The molecule has 0 radical (unpaired) electrons. The van der Waals surface area contributed by atoms with Gasteiger partial charge in [0.1, 0.15) is 12.4 Å². The van der Waals surface area contributed by atoms with E-state index in [2.05, 4.69) is 5.32 Å². The molecule has 0 aromatic heterocycles. The van der Waals surface area contributed by atoms with E-state index in [1.165, 1.54) is 0 Å². The Morgan fingerprint density at radius 3 is 2.80 bits per heavy atom. The molecule has 0 unspecified atom stereocenters. The summed E-state index contributed by atoms with van der Waals surface area (Å²) in [5.74, 6) is 0.783. The quantitative estimate of drug-likeness (QED) is 0.882. The largest absolute Gasteiger partial charge is 0.488 e. The van der Waals surface area contributed by atoms with E-state index < -0.39 is 0 Å². The molecule has 3 rings (SSSR count). The first-order valence-corrected chi connectivity index (χ1v) is 7.17. The minimum atomic E-state index is -0.213. The van der Waals surface area contributed by atoms with Crippen molar-refractivity contribution in [3.8, 4) is 5.75 Å². The molecule has 0 saturated heterocycles. The van der Waals surface area contributed by atoms with Crippen LogP contribution in [0.25, 0.3) is 6.08 Å². The number of carbonyl (C=O) groups excluding carboxylic acids is 1. The van der Waals surface area contributed by atoms with Crippen molar-refractivity contribution >= 4 is 12.0 Å². The Kier molecular flexibility index (Phi) is 3.49. The maximum Gasteiger partial charge on any atom is 0.251 e. The first-order chi connectivity index (χ1) is 9.72. The molecule has 3 N–H and O–H groups in total. The molecule has 4 nitrogen and oxygen atoms in total. The summed E-state index contributed by atoms with van der Waals surface area (Å²) in [5.41, 5.74) is 7.27. The fraction of sp³-hybridized carbons (Fsp3) is 0.438.